The first kappa shape index (κ1) is 20.7. The maximum atomic E-state index is 2.61. The summed E-state index contributed by atoms with van der Waals surface area (Å²) in [6.07, 6.45) is 15.2. The Morgan fingerprint density at radius 2 is 1.04 bits per heavy atom. The molecule has 0 spiro atoms. The van der Waals surface area contributed by atoms with Crippen molar-refractivity contribution in [1.29, 1.82) is 0 Å². The first-order valence-corrected chi connectivity index (χ1v) is 12.3. The second-order valence-electron chi connectivity index (χ2n) is 11.6. The van der Waals surface area contributed by atoms with Gasteiger partial charge >= 0.3 is 0 Å². The average molecular weight is 361 g/mol. The lowest BCUT2D eigenvalue weighted by atomic mass is 9.57. The topological polar surface area (TPSA) is 0 Å². The maximum absolute atomic E-state index is 2.61. The highest BCUT2D eigenvalue weighted by molar-refractivity contribution is 4.91. The molecule has 0 radical (unpaired) electrons. The predicted octanol–water partition coefficient (Wildman–Crippen LogP) is 8.21. The first-order valence-electron chi connectivity index (χ1n) is 12.3. The minimum Gasteiger partial charge on any atom is -0.0625 e. The average Bonchev–Trinajstić information content (AvgIpc) is 2.58. The van der Waals surface area contributed by atoms with E-state index in [0.29, 0.717) is 0 Å². The van der Waals surface area contributed by atoms with Crippen LogP contribution >= 0.6 is 0 Å². The zero-order valence-corrected chi connectivity index (χ0v) is 18.8. The van der Waals surface area contributed by atoms with E-state index >= 15 is 0 Å². The van der Waals surface area contributed by atoms with Gasteiger partial charge in [0.2, 0.25) is 0 Å². The first-order chi connectivity index (χ1) is 12.3. The molecule has 152 valence electrons. The van der Waals surface area contributed by atoms with Gasteiger partial charge < -0.3 is 0 Å². The number of hydrogen-bond donors (Lipinski definition) is 0. The third-order valence-corrected chi connectivity index (χ3v) is 9.53. The van der Waals surface area contributed by atoms with Crippen molar-refractivity contribution in [3.63, 3.8) is 0 Å². The number of rotatable bonds is 4. The Morgan fingerprint density at radius 3 is 1.58 bits per heavy atom. The lowest BCUT2D eigenvalue weighted by Gasteiger charge is -2.48. The van der Waals surface area contributed by atoms with Gasteiger partial charge in [-0.05, 0) is 84.9 Å². The summed E-state index contributed by atoms with van der Waals surface area (Å²) in [6, 6.07) is 0. The summed E-state index contributed by atoms with van der Waals surface area (Å²) < 4.78 is 0. The fraction of sp³-hybridized carbons (Fsp3) is 1.00. The molecular formula is C26H48. The highest BCUT2D eigenvalue weighted by atomic mass is 14.5. The van der Waals surface area contributed by atoms with Crippen LogP contribution in [-0.4, -0.2) is 0 Å². The van der Waals surface area contributed by atoms with Gasteiger partial charge in [-0.25, -0.2) is 0 Å². The van der Waals surface area contributed by atoms with Crippen LogP contribution in [0, 0.1) is 59.2 Å². The Hall–Kier alpha value is 0. The highest BCUT2D eigenvalue weighted by Gasteiger charge is 2.41. The van der Waals surface area contributed by atoms with E-state index in [-0.39, 0.29) is 0 Å². The minimum atomic E-state index is 0.936. The van der Waals surface area contributed by atoms with Crippen LogP contribution in [0.25, 0.3) is 0 Å². The van der Waals surface area contributed by atoms with E-state index in [1.165, 1.54) is 64.2 Å². The van der Waals surface area contributed by atoms with E-state index in [1.807, 2.05) is 0 Å². The molecule has 0 aromatic rings. The second kappa shape index (κ2) is 9.00. The lowest BCUT2D eigenvalue weighted by molar-refractivity contribution is 0.0144. The number of hydrogen-bond acceptors (Lipinski definition) is 0. The summed E-state index contributed by atoms with van der Waals surface area (Å²) >= 11 is 0. The van der Waals surface area contributed by atoms with E-state index in [1.54, 1.807) is 0 Å². The second-order valence-corrected chi connectivity index (χ2v) is 11.6. The third-order valence-electron chi connectivity index (χ3n) is 9.53. The molecule has 0 nitrogen and oxygen atoms in total. The monoisotopic (exact) mass is 360 g/mol. The normalized spacial score (nSPS) is 50.5. The Labute approximate surface area is 165 Å². The fourth-order valence-electron chi connectivity index (χ4n) is 7.63. The smallest absolute Gasteiger partial charge is 0.0334 e. The molecule has 0 N–H and O–H groups in total. The van der Waals surface area contributed by atoms with E-state index < -0.39 is 0 Å². The van der Waals surface area contributed by atoms with Crippen molar-refractivity contribution >= 4 is 0 Å². The van der Waals surface area contributed by atoms with E-state index in [0.717, 1.165) is 59.2 Å². The molecule has 4 atom stereocenters. The summed E-state index contributed by atoms with van der Waals surface area (Å²) in [5.41, 5.74) is 0. The zero-order chi connectivity index (χ0) is 18.8. The van der Waals surface area contributed by atoms with Crippen LogP contribution in [0.2, 0.25) is 0 Å². The maximum Gasteiger partial charge on any atom is -0.0334 e. The van der Waals surface area contributed by atoms with Crippen molar-refractivity contribution in [3.8, 4) is 0 Å². The summed E-state index contributed by atoms with van der Waals surface area (Å²) in [5, 5.41) is 0. The van der Waals surface area contributed by atoms with Crippen molar-refractivity contribution in [2.45, 2.75) is 106 Å². The Balaban J connectivity index is 1.49. The Kier molecular flexibility index (Phi) is 7.17. The standard InChI is InChI=1S/C26H48/c1-17-7-9-23(10-8-17)11-12-24-13-20(4)26(21(5)14-24)25-15-18(2)22(6)19(3)16-25/h17-26H,7-16H2,1-6H3. The van der Waals surface area contributed by atoms with Crippen LogP contribution in [0.5, 0.6) is 0 Å². The van der Waals surface area contributed by atoms with Gasteiger partial charge in [0.15, 0.2) is 0 Å². The van der Waals surface area contributed by atoms with Crippen molar-refractivity contribution in [2.75, 3.05) is 0 Å². The molecule has 0 amide bonds. The highest BCUT2D eigenvalue weighted by Crippen LogP contribution is 2.50. The minimum absolute atomic E-state index is 0.936. The fourth-order valence-corrected chi connectivity index (χ4v) is 7.63. The van der Waals surface area contributed by atoms with Crippen LogP contribution in [0.15, 0.2) is 0 Å². The summed E-state index contributed by atoms with van der Waals surface area (Å²) in [7, 11) is 0. The van der Waals surface area contributed by atoms with Crippen molar-refractivity contribution in [1.82, 2.24) is 0 Å². The van der Waals surface area contributed by atoms with E-state index in [2.05, 4.69) is 41.5 Å². The van der Waals surface area contributed by atoms with Crippen molar-refractivity contribution < 1.29 is 0 Å². The van der Waals surface area contributed by atoms with Gasteiger partial charge in [-0.2, -0.15) is 0 Å². The molecule has 0 aromatic heterocycles. The van der Waals surface area contributed by atoms with Gasteiger partial charge in [0.05, 0.1) is 0 Å². The molecule has 3 aliphatic rings. The van der Waals surface area contributed by atoms with Crippen LogP contribution in [-0.2, 0) is 0 Å². The van der Waals surface area contributed by atoms with Gasteiger partial charge in [-0.15, -0.1) is 0 Å². The van der Waals surface area contributed by atoms with Gasteiger partial charge in [0.1, 0.15) is 0 Å². The molecule has 0 aromatic carbocycles. The van der Waals surface area contributed by atoms with Gasteiger partial charge in [0, 0.05) is 0 Å². The van der Waals surface area contributed by atoms with Crippen LogP contribution in [0.4, 0.5) is 0 Å². The van der Waals surface area contributed by atoms with Crippen LogP contribution in [0.1, 0.15) is 106 Å². The SMILES string of the molecule is CC1CCC(CCC2CC(C)C(C3CC(C)C(C)C(C)C3)C(C)C2)CC1. The molecule has 0 bridgehead atoms. The van der Waals surface area contributed by atoms with E-state index in [4.69, 9.17) is 0 Å². The Morgan fingerprint density at radius 1 is 0.538 bits per heavy atom. The molecular weight excluding hydrogens is 312 g/mol. The molecule has 3 aliphatic carbocycles. The van der Waals surface area contributed by atoms with Crippen molar-refractivity contribution in [3.05, 3.63) is 0 Å². The molecule has 0 aliphatic heterocycles. The summed E-state index contributed by atoms with van der Waals surface area (Å²) in [5.74, 6) is 9.88. The molecule has 3 rings (SSSR count). The zero-order valence-electron chi connectivity index (χ0n) is 18.8. The summed E-state index contributed by atoms with van der Waals surface area (Å²) in [4.78, 5) is 0. The van der Waals surface area contributed by atoms with E-state index in [9.17, 15) is 0 Å². The lowest BCUT2D eigenvalue weighted by Crippen LogP contribution is -2.40. The molecule has 0 heteroatoms. The molecule has 0 heterocycles. The van der Waals surface area contributed by atoms with Gasteiger partial charge in [0.25, 0.3) is 0 Å². The van der Waals surface area contributed by atoms with Crippen LogP contribution < -0.4 is 0 Å². The molecule has 26 heavy (non-hydrogen) atoms. The molecule has 3 fully saturated rings. The molecule has 4 unspecified atom stereocenters. The summed E-state index contributed by atoms with van der Waals surface area (Å²) in [6.45, 7) is 15.2. The molecule has 3 saturated carbocycles. The van der Waals surface area contributed by atoms with Crippen LogP contribution in [0.3, 0.4) is 0 Å². The van der Waals surface area contributed by atoms with Gasteiger partial charge in [-0.1, -0.05) is 80.1 Å². The Bertz CT molecular complexity index is 394. The molecule has 0 saturated heterocycles. The van der Waals surface area contributed by atoms with Gasteiger partial charge in [-0.3, -0.25) is 0 Å². The quantitative estimate of drug-likeness (QED) is 0.474. The largest absolute Gasteiger partial charge is 0.0625 e. The predicted molar refractivity (Wildman–Crippen MR) is 115 cm³/mol. The third kappa shape index (κ3) is 4.88. The van der Waals surface area contributed by atoms with Crippen molar-refractivity contribution in [2.24, 2.45) is 59.2 Å².